The van der Waals surface area contributed by atoms with Crippen molar-refractivity contribution >= 4 is 17.3 Å². The van der Waals surface area contributed by atoms with Crippen LogP contribution in [0.3, 0.4) is 0 Å². The second-order valence-corrected chi connectivity index (χ2v) is 5.40. The van der Waals surface area contributed by atoms with E-state index in [4.69, 9.17) is 12.2 Å². The molecule has 0 radical (unpaired) electrons. The normalized spacial score (nSPS) is 12.9. The van der Waals surface area contributed by atoms with Crippen LogP contribution in [-0.4, -0.2) is 22.4 Å². The molecule has 0 aliphatic rings. The van der Waals surface area contributed by atoms with E-state index in [1.165, 1.54) is 0 Å². The summed E-state index contributed by atoms with van der Waals surface area (Å²) in [6.07, 6.45) is 0. The van der Waals surface area contributed by atoms with Gasteiger partial charge in [-0.15, -0.1) is 0 Å². The van der Waals surface area contributed by atoms with Crippen molar-refractivity contribution in [2.45, 2.75) is 32.4 Å². The van der Waals surface area contributed by atoms with Crippen molar-refractivity contribution in [2.75, 3.05) is 6.61 Å². The number of nitrogens with one attached hydrogen (secondary N) is 2. The first-order valence-electron chi connectivity index (χ1n) is 5.67. The molecule has 3 N–H and O–H groups in total. The molecule has 1 atom stereocenters. The number of hydrogen-bond acceptors (Lipinski definition) is 2. The van der Waals surface area contributed by atoms with Crippen molar-refractivity contribution in [1.82, 2.24) is 10.6 Å². The molecule has 3 nitrogen and oxygen atoms in total. The van der Waals surface area contributed by atoms with Gasteiger partial charge in [-0.25, -0.2) is 0 Å². The fourth-order valence-electron chi connectivity index (χ4n) is 1.45. The molecule has 1 rings (SSSR count). The molecule has 0 heterocycles. The number of aliphatic hydroxyl groups is 1. The van der Waals surface area contributed by atoms with Crippen LogP contribution in [0, 0.1) is 0 Å². The highest BCUT2D eigenvalue weighted by atomic mass is 32.1. The molecule has 0 aromatic heterocycles. The highest BCUT2D eigenvalue weighted by molar-refractivity contribution is 7.80. The van der Waals surface area contributed by atoms with Gasteiger partial charge in [-0.2, -0.15) is 0 Å². The van der Waals surface area contributed by atoms with Gasteiger partial charge in [-0.3, -0.25) is 0 Å². The van der Waals surface area contributed by atoms with E-state index >= 15 is 0 Å². The summed E-state index contributed by atoms with van der Waals surface area (Å²) < 4.78 is 0. The Kier molecular flexibility index (Phi) is 4.90. The largest absolute Gasteiger partial charge is 0.394 e. The van der Waals surface area contributed by atoms with E-state index in [1.807, 2.05) is 51.1 Å². The number of aliphatic hydroxyl groups excluding tert-OH is 1. The van der Waals surface area contributed by atoms with Crippen LogP contribution in [0.2, 0.25) is 0 Å². The molecule has 0 aliphatic carbocycles. The molecule has 0 fully saturated rings. The maximum Gasteiger partial charge on any atom is 0.167 e. The predicted molar refractivity (Wildman–Crippen MR) is 74.9 cm³/mol. The zero-order valence-corrected chi connectivity index (χ0v) is 11.3. The van der Waals surface area contributed by atoms with Crippen LogP contribution >= 0.6 is 12.2 Å². The fraction of sp³-hybridized carbons (Fsp3) is 0.462. The van der Waals surface area contributed by atoms with Gasteiger partial charge >= 0.3 is 0 Å². The van der Waals surface area contributed by atoms with Crippen molar-refractivity contribution in [3.8, 4) is 0 Å². The third kappa shape index (κ3) is 5.15. The first-order valence-corrected chi connectivity index (χ1v) is 6.07. The second kappa shape index (κ2) is 5.98. The number of hydrogen-bond donors (Lipinski definition) is 3. The molecule has 1 aromatic carbocycles. The number of thiocarbonyl (C=S) groups is 1. The highest BCUT2D eigenvalue weighted by Crippen LogP contribution is 2.11. The average Bonchev–Trinajstić information content (AvgIpc) is 2.24. The van der Waals surface area contributed by atoms with Gasteiger partial charge in [0.25, 0.3) is 0 Å². The molecular weight excluding hydrogens is 232 g/mol. The van der Waals surface area contributed by atoms with E-state index in [0.717, 1.165) is 5.56 Å². The van der Waals surface area contributed by atoms with Crippen LogP contribution in [0.15, 0.2) is 30.3 Å². The first-order chi connectivity index (χ1) is 7.92. The van der Waals surface area contributed by atoms with E-state index in [2.05, 4.69) is 10.6 Å². The summed E-state index contributed by atoms with van der Waals surface area (Å²) in [5.41, 5.74) is 0.939. The maximum absolute atomic E-state index is 9.38. The molecule has 0 amide bonds. The second-order valence-electron chi connectivity index (χ2n) is 4.99. The van der Waals surface area contributed by atoms with E-state index < -0.39 is 0 Å². The Labute approximate surface area is 108 Å². The number of benzene rings is 1. The lowest BCUT2D eigenvalue weighted by molar-refractivity contribution is 0.257. The Bertz CT molecular complexity index is 359. The van der Waals surface area contributed by atoms with Crippen molar-refractivity contribution < 1.29 is 5.11 Å². The number of rotatable bonds is 3. The van der Waals surface area contributed by atoms with Crippen LogP contribution in [0.1, 0.15) is 32.4 Å². The Morgan fingerprint density at radius 1 is 1.29 bits per heavy atom. The summed E-state index contributed by atoms with van der Waals surface area (Å²) in [6, 6.07) is 9.60. The Hall–Kier alpha value is -1.13. The minimum atomic E-state index is -0.168. The lowest BCUT2D eigenvalue weighted by atomic mass is 10.1. The summed E-state index contributed by atoms with van der Waals surface area (Å²) in [5.74, 6) is 0. The minimum absolute atomic E-state index is 0.00990. The maximum atomic E-state index is 9.38. The topological polar surface area (TPSA) is 44.3 Å². The Morgan fingerprint density at radius 3 is 2.35 bits per heavy atom. The van der Waals surface area contributed by atoms with Gasteiger partial charge in [0.05, 0.1) is 12.6 Å². The third-order valence-corrected chi connectivity index (χ3v) is 2.40. The predicted octanol–water partition coefficient (Wildman–Crippen LogP) is 1.98. The molecule has 94 valence electrons. The van der Waals surface area contributed by atoms with Crippen molar-refractivity contribution in [1.29, 1.82) is 0 Å². The Morgan fingerprint density at radius 2 is 1.88 bits per heavy atom. The van der Waals surface area contributed by atoms with E-state index in [9.17, 15) is 5.11 Å². The third-order valence-electron chi connectivity index (χ3n) is 2.18. The lowest BCUT2D eigenvalue weighted by Gasteiger charge is -2.26. The zero-order chi connectivity index (χ0) is 12.9. The van der Waals surface area contributed by atoms with E-state index in [-0.39, 0.29) is 18.2 Å². The van der Waals surface area contributed by atoms with Gasteiger partial charge in [0.1, 0.15) is 0 Å². The molecule has 0 aliphatic heterocycles. The van der Waals surface area contributed by atoms with Crippen LogP contribution in [-0.2, 0) is 0 Å². The zero-order valence-electron chi connectivity index (χ0n) is 10.5. The van der Waals surface area contributed by atoms with Gasteiger partial charge in [0.15, 0.2) is 5.11 Å². The van der Waals surface area contributed by atoms with Crippen LogP contribution in [0.25, 0.3) is 0 Å². The molecule has 0 saturated heterocycles. The summed E-state index contributed by atoms with van der Waals surface area (Å²) in [7, 11) is 0. The van der Waals surface area contributed by atoms with Crippen molar-refractivity contribution in [3.63, 3.8) is 0 Å². The molecule has 17 heavy (non-hydrogen) atoms. The molecule has 0 unspecified atom stereocenters. The SMILES string of the molecule is CC(C)(C)NC(=S)N[C@@H](CO)c1ccccc1. The van der Waals surface area contributed by atoms with Gasteiger partial charge in [-0.1, -0.05) is 30.3 Å². The summed E-state index contributed by atoms with van der Waals surface area (Å²) in [4.78, 5) is 0. The average molecular weight is 252 g/mol. The fourth-order valence-corrected chi connectivity index (χ4v) is 1.90. The summed E-state index contributed by atoms with van der Waals surface area (Å²) in [6.45, 7) is 6.13. The quantitative estimate of drug-likeness (QED) is 0.720. The van der Waals surface area contributed by atoms with Crippen molar-refractivity contribution in [2.24, 2.45) is 0 Å². The molecule has 0 bridgehead atoms. The highest BCUT2D eigenvalue weighted by Gasteiger charge is 2.15. The summed E-state index contributed by atoms with van der Waals surface area (Å²) in [5, 5.41) is 16.2. The molecule has 4 heteroatoms. The molecule has 0 spiro atoms. The Balaban J connectivity index is 2.62. The van der Waals surface area contributed by atoms with E-state index in [1.54, 1.807) is 0 Å². The van der Waals surface area contributed by atoms with Crippen LogP contribution in [0.5, 0.6) is 0 Å². The van der Waals surface area contributed by atoms with Crippen LogP contribution < -0.4 is 10.6 Å². The molecule has 0 saturated carbocycles. The standard InChI is InChI=1S/C13H20N2OS/c1-13(2,3)15-12(17)14-11(9-16)10-7-5-4-6-8-10/h4-8,11,16H,9H2,1-3H3,(H2,14,15,17)/t11-/m0/s1. The first kappa shape index (κ1) is 13.9. The van der Waals surface area contributed by atoms with Crippen molar-refractivity contribution in [3.05, 3.63) is 35.9 Å². The smallest absolute Gasteiger partial charge is 0.167 e. The van der Waals surface area contributed by atoms with Crippen LogP contribution in [0.4, 0.5) is 0 Å². The van der Waals surface area contributed by atoms with Gasteiger partial charge in [0.2, 0.25) is 0 Å². The monoisotopic (exact) mass is 252 g/mol. The molecule has 1 aromatic rings. The minimum Gasteiger partial charge on any atom is -0.394 e. The van der Waals surface area contributed by atoms with Gasteiger partial charge < -0.3 is 15.7 Å². The van der Waals surface area contributed by atoms with Gasteiger partial charge in [0, 0.05) is 5.54 Å². The summed E-state index contributed by atoms with van der Waals surface area (Å²) >= 11 is 5.21. The lowest BCUT2D eigenvalue weighted by Crippen LogP contribution is -2.47. The van der Waals surface area contributed by atoms with Gasteiger partial charge in [-0.05, 0) is 38.6 Å². The van der Waals surface area contributed by atoms with E-state index in [0.29, 0.717) is 5.11 Å². The molecular formula is C13H20N2OS.